The number of hydrogen-bond acceptors (Lipinski definition) is 3. The highest BCUT2D eigenvalue weighted by Crippen LogP contribution is 2.40. The molecule has 5 nitrogen and oxygen atoms in total. The third-order valence-electron chi connectivity index (χ3n) is 7.36. The molecule has 5 heteroatoms. The Balaban J connectivity index is 0.000000414. The number of benzene rings is 1. The first kappa shape index (κ1) is 30.9. The molecular weight excluding hydrogens is 460 g/mol. The number of carbonyl (C=O) groups is 2. The Kier molecular flexibility index (Phi) is 11.7. The Bertz CT molecular complexity index is 993. The van der Waals surface area contributed by atoms with Crippen molar-refractivity contribution in [2.75, 3.05) is 6.54 Å². The highest BCUT2D eigenvalue weighted by atomic mass is 16.6. The van der Waals surface area contributed by atoms with Gasteiger partial charge in [0.1, 0.15) is 5.60 Å². The number of fused-ring (bicyclic) bond motifs is 3. The van der Waals surface area contributed by atoms with Crippen LogP contribution in [0.2, 0.25) is 0 Å². The standard InChI is InChI=1S/C24H34N2O.C6H12O2.C2H6/c1-4-17-9-11-18(12-10-17)24(27)26-14-13-20-19-7-5-6-8-21(19)25-23(20)22(26)15-16(2)3;1-5(7)8-6(2,3)4;1-2/h5-8,16-18,22,25H,4,9-15H2,1-3H3;1-4H3;1-2H3. The lowest BCUT2D eigenvalue weighted by molar-refractivity contribution is -0.151. The second kappa shape index (κ2) is 14.0. The molecule has 1 unspecified atom stereocenters. The summed E-state index contributed by atoms with van der Waals surface area (Å²) in [6.07, 6.45) is 7.91. The molecule has 1 saturated carbocycles. The fourth-order valence-electron chi connectivity index (χ4n) is 5.76. The summed E-state index contributed by atoms with van der Waals surface area (Å²) >= 11 is 0. The first-order valence-electron chi connectivity index (χ1n) is 14.6. The Hall–Kier alpha value is -2.30. The molecule has 1 N–H and O–H groups in total. The second-order valence-corrected chi connectivity index (χ2v) is 11.8. The zero-order chi connectivity index (χ0) is 27.8. The van der Waals surface area contributed by atoms with Crippen molar-refractivity contribution in [2.45, 2.75) is 119 Å². The number of H-pyrrole nitrogens is 1. The highest BCUT2D eigenvalue weighted by molar-refractivity contribution is 5.86. The minimum Gasteiger partial charge on any atom is -0.460 e. The third kappa shape index (κ3) is 8.61. The maximum Gasteiger partial charge on any atom is 0.303 e. The summed E-state index contributed by atoms with van der Waals surface area (Å²) in [5.41, 5.74) is 3.63. The molecule has 1 atom stereocenters. The minimum absolute atomic E-state index is 0.206. The topological polar surface area (TPSA) is 62.4 Å². The Morgan fingerprint density at radius 2 is 1.70 bits per heavy atom. The number of nitrogens with zero attached hydrogens (tertiary/aromatic N) is 1. The summed E-state index contributed by atoms with van der Waals surface area (Å²) in [5, 5.41) is 1.34. The minimum atomic E-state index is -0.328. The van der Waals surface area contributed by atoms with Crippen molar-refractivity contribution in [2.24, 2.45) is 17.8 Å². The maximum atomic E-state index is 13.5. The van der Waals surface area contributed by atoms with Crippen LogP contribution in [0.25, 0.3) is 10.9 Å². The van der Waals surface area contributed by atoms with Crippen molar-refractivity contribution in [3.05, 3.63) is 35.5 Å². The van der Waals surface area contributed by atoms with E-state index in [4.69, 9.17) is 4.74 Å². The lowest BCUT2D eigenvalue weighted by atomic mass is 9.79. The van der Waals surface area contributed by atoms with Gasteiger partial charge < -0.3 is 14.6 Å². The van der Waals surface area contributed by atoms with Crippen molar-refractivity contribution in [3.63, 3.8) is 0 Å². The molecule has 1 aromatic carbocycles. The lowest BCUT2D eigenvalue weighted by Crippen LogP contribution is -2.44. The van der Waals surface area contributed by atoms with Crippen LogP contribution in [0.15, 0.2) is 24.3 Å². The molecule has 1 aliphatic heterocycles. The monoisotopic (exact) mass is 512 g/mol. The van der Waals surface area contributed by atoms with Gasteiger partial charge in [-0.05, 0) is 82.8 Å². The van der Waals surface area contributed by atoms with Gasteiger partial charge in [-0.25, -0.2) is 0 Å². The van der Waals surface area contributed by atoms with Crippen molar-refractivity contribution in [1.29, 1.82) is 0 Å². The summed E-state index contributed by atoms with van der Waals surface area (Å²) in [7, 11) is 0. The number of aromatic nitrogens is 1. The van der Waals surface area contributed by atoms with Crippen molar-refractivity contribution in [1.82, 2.24) is 9.88 Å². The summed E-state index contributed by atoms with van der Waals surface area (Å²) < 4.78 is 4.80. The predicted molar refractivity (Wildman–Crippen MR) is 155 cm³/mol. The van der Waals surface area contributed by atoms with Crippen LogP contribution in [0, 0.1) is 17.8 Å². The molecule has 2 aromatic rings. The quantitative estimate of drug-likeness (QED) is 0.420. The van der Waals surface area contributed by atoms with E-state index < -0.39 is 0 Å². The smallest absolute Gasteiger partial charge is 0.303 e. The number of ether oxygens (including phenoxy) is 1. The van der Waals surface area contributed by atoms with Gasteiger partial charge in [0.05, 0.1) is 6.04 Å². The van der Waals surface area contributed by atoms with E-state index >= 15 is 0 Å². The van der Waals surface area contributed by atoms with Gasteiger partial charge in [0.2, 0.25) is 5.91 Å². The SMILES string of the molecule is CC.CC(=O)OC(C)(C)C.CCC1CCC(C(=O)N2CCc3c([nH]c4ccccc34)C2CC(C)C)CC1. The number of para-hydroxylation sites is 1. The van der Waals surface area contributed by atoms with E-state index in [2.05, 4.69) is 54.9 Å². The van der Waals surface area contributed by atoms with Crippen molar-refractivity contribution in [3.8, 4) is 0 Å². The number of amides is 1. The van der Waals surface area contributed by atoms with Crippen LogP contribution in [0.1, 0.15) is 118 Å². The predicted octanol–water partition coefficient (Wildman–Crippen LogP) is 8.23. The Labute approximate surface area is 225 Å². The normalized spacial score (nSPS) is 21.4. The van der Waals surface area contributed by atoms with Gasteiger partial charge in [-0.15, -0.1) is 0 Å². The van der Waals surface area contributed by atoms with Gasteiger partial charge in [0.25, 0.3) is 0 Å². The lowest BCUT2D eigenvalue weighted by Gasteiger charge is -2.40. The van der Waals surface area contributed by atoms with Crippen LogP contribution < -0.4 is 0 Å². The zero-order valence-electron chi connectivity index (χ0n) is 24.9. The molecule has 208 valence electrons. The molecule has 0 radical (unpaired) electrons. The fourth-order valence-corrected chi connectivity index (χ4v) is 5.76. The summed E-state index contributed by atoms with van der Waals surface area (Å²) in [6, 6.07) is 8.81. The van der Waals surface area contributed by atoms with E-state index in [0.717, 1.165) is 38.1 Å². The van der Waals surface area contributed by atoms with Crippen LogP contribution in [-0.4, -0.2) is 33.9 Å². The summed E-state index contributed by atoms with van der Waals surface area (Å²) in [5.74, 6) is 1.84. The summed E-state index contributed by atoms with van der Waals surface area (Å²) in [4.78, 5) is 29.6. The second-order valence-electron chi connectivity index (χ2n) is 11.8. The average molecular weight is 513 g/mol. The molecule has 2 heterocycles. The van der Waals surface area contributed by atoms with Gasteiger partial charge in [-0.2, -0.15) is 0 Å². The number of carbonyl (C=O) groups excluding carboxylic acids is 2. The number of rotatable bonds is 4. The zero-order valence-corrected chi connectivity index (χ0v) is 24.9. The largest absolute Gasteiger partial charge is 0.460 e. The Morgan fingerprint density at radius 1 is 1.08 bits per heavy atom. The molecule has 37 heavy (non-hydrogen) atoms. The van der Waals surface area contributed by atoms with E-state index in [1.807, 2.05) is 34.6 Å². The number of aromatic amines is 1. The average Bonchev–Trinajstić information content (AvgIpc) is 3.23. The number of nitrogens with one attached hydrogen (secondary N) is 1. The van der Waals surface area contributed by atoms with Gasteiger partial charge in [-0.3, -0.25) is 9.59 Å². The molecule has 1 aliphatic carbocycles. The molecule has 1 amide bonds. The first-order valence-corrected chi connectivity index (χ1v) is 14.6. The van der Waals surface area contributed by atoms with Crippen LogP contribution in [-0.2, 0) is 20.7 Å². The molecule has 0 spiro atoms. The van der Waals surface area contributed by atoms with Gasteiger partial charge in [-0.1, -0.05) is 59.2 Å². The van der Waals surface area contributed by atoms with E-state index in [-0.39, 0.29) is 23.5 Å². The van der Waals surface area contributed by atoms with Crippen LogP contribution in [0.5, 0.6) is 0 Å². The molecule has 0 saturated heterocycles. The third-order valence-corrected chi connectivity index (χ3v) is 7.36. The summed E-state index contributed by atoms with van der Waals surface area (Å²) in [6.45, 7) is 18.6. The number of esters is 1. The van der Waals surface area contributed by atoms with Gasteiger partial charge >= 0.3 is 5.97 Å². The molecule has 1 fully saturated rings. The fraction of sp³-hybridized carbons (Fsp3) is 0.688. The van der Waals surface area contributed by atoms with Crippen LogP contribution in [0.4, 0.5) is 0 Å². The van der Waals surface area contributed by atoms with E-state index in [1.165, 1.54) is 48.3 Å². The van der Waals surface area contributed by atoms with E-state index in [1.54, 1.807) is 0 Å². The van der Waals surface area contributed by atoms with Crippen LogP contribution in [0.3, 0.4) is 0 Å². The molecule has 4 rings (SSSR count). The molecule has 1 aromatic heterocycles. The van der Waals surface area contributed by atoms with Crippen molar-refractivity contribution >= 4 is 22.8 Å². The van der Waals surface area contributed by atoms with Crippen LogP contribution >= 0.6 is 0 Å². The molecule has 2 aliphatic rings. The van der Waals surface area contributed by atoms with E-state index in [0.29, 0.717) is 11.8 Å². The number of hydrogen-bond donors (Lipinski definition) is 1. The van der Waals surface area contributed by atoms with E-state index in [9.17, 15) is 9.59 Å². The van der Waals surface area contributed by atoms with Gasteiger partial charge in [0.15, 0.2) is 0 Å². The maximum absolute atomic E-state index is 13.5. The van der Waals surface area contributed by atoms with Crippen molar-refractivity contribution < 1.29 is 14.3 Å². The first-order chi connectivity index (χ1) is 17.5. The molecular formula is C32H52N2O3. The Morgan fingerprint density at radius 3 is 2.22 bits per heavy atom. The van der Waals surface area contributed by atoms with Gasteiger partial charge in [0, 0.05) is 36.0 Å². The molecule has 0 bridgehead atoms. The highest BCUT2D eigenvalue weighted by Gasteiger charge is 2.37.